The first-order valence-corrected chi connectivity index (χ1v) is 9.21. The first-order chi connectivity index (χ1) is 13.0. The van der Waals surface area contributed by atoms with Crippen LogP contribution in [-0.4, -0.2) is 36.9 Å². The molecule has 27 heavy (non-hydrogen) atoms. The largest absolute Gasteiger partial charge is 0.497 e. The zero-order valence-electron chi connectivity index (χ0n) is 15.9. The lowest BCUT2D eigenvalue weighted by atomic mass is 10.1. The first kappa shape index (κ1) is 20.8. The summed E-state index contributed by atoms with van der Waals surface area (Å²) in [5.41, 5.74) is 1.85. The highest BCUT2D eigenvalue weighted by Crippen LogP contribution is 2.19. The minimum atomic E-state index is -0.573. The highest BCUT2D eigenvalue weighted by atomic mass is 35.5. The Morgan fingerprint density at radius 1 is 1.15 bits per heavy atom. The number of hydrogen-bond donors (Lipinski definition) is 1. The molecule has 1 N–H and O–H groups in total. The number of likely N-dealkylation sites (N-methyl/N-ethyl adjacent to an activating group) is 1. The fraction of sp³-hybridized carbons (Fsp3) is 0.333. The van der Waals surface area contributed by atoms with Crippen molar-refractivity contribution >= 4 is 23.4 Å². The summed E-state index contributed by atoms with van der Waals surface area (Å²) in [4.78, 5) is 26.6. The normalized spacial score (nSPS) is 11.6. The molecular weight excluding hydrogens is 364 g/mol. The van der Waals surface area contributed by atoms with Crippen LogP contribution in [0.5, 0.6) is 5.75 Å². The van der Waals surface area contributed by atoms with E-state index >= 15 is 0 Å². The van der Waals surface area contributed by atoms with E-state index in [-0.39, 0.29) is 18.2 Å². The number of benzene rings is 2. The van der Waals surface area contributed by atoms with Gasteiger partial charge in [-0.25, -0.2) is 0 Å². The Morgan fingerprint density at radius 3 is 2.41 bits per heavy atom. The third-order valence-electron chi connectivity index (χ3n) is 4.49. The molecule has 1 unspecified atom stereocenters. The second kappa shape index (κ2) is 9.97. The van der Waals surface area contributed by atoms with Gasteiger partial charge in [0.15, 0.2) is 0 Å². The highest BCUT2D eigenvalue weighted by molar-refractivity contribution is 6.31. The van der Waals surface area contributed by atoms with Gasteiger partial charge in [-0.2, -0.15) is 0 Å². The molecule has 0 heterocycles. The summed E-state index contributed by atoms with van der Waals surface area (Å²) < 4.78 is 5.17. The molecule has 1 atom stereocenters. The Labute approximate surface area is 165 Å². The third-order valence-corrected chi connectivity index (χ3v) is 4.86. The molecule has 0 fully saturated rings. The second-order valence-electron chi connectivity index (χ2n) is 6.25. The molecule has 0 radical (unpaired) electrons. The predicted octanol–water partition coefficient (Wildman–Crippen LogP) is 3.44. The summed E-state index contributed by atoms with van der Waals surface area (Å²) in [5, 5.41) is 3.26. The molecule has 2 rings (SSSR count). The van der Waals surface area contributed by atoms with Crippen molar-refractivity contribution < 1.29 is 14.3 Å². The number of aryl methyl sites for hydroxylation is 1. The molecule has 0 spiro atoms. The lowest BCUT2D eigenvalue weighted by Crippen LogP contribution is -2.46. The van der Waals surface area contributed by atoms with Crippen LogP contribution in [0.1, 0.15) is 24.5 Å². The van der Waals surface area contributed by atoms with Gasteiger partial charge in [-0.15, -0.1) is 0 Å². The predicted molar refractivity (Wildman–Crippen MR) is 107 cm³/mol. The summed E-state index contributed by atoms with van der Waals surface area (Å²) in [7, 11) is 3.17. The van der Waals surface area contributed by atoms with Gasteiger partial charge in [0.2, 0.25) is 11.8 Å². The molecule has 5 nitrogen and oxygen atoms in total. The van der Waals surface area contributed by atoms with Gasteiger partial charge in [0.05, 0.1) is 7.11 Å². The van der Waals surface area contributed by atoms with Crippen LogP contribution in [0, 0.1) is 0 Å². The number of carbonyl (C=O) groups excluding carboxylic acids is 2. The van der Waals surface area contributed by atoms with Gasteiger partial charge in [0.25, 0.3) is 0 Å². The van der Waals surface area contributed by atoms with Crippen LogP contribution in [0.3, 0.4) is 0 Å². The van der Waals surface area contributed by atoms with E-state index in [0.717, 1.165) is 16.9 Å². The van der Waals surface area contributed by atoms with Crippen LogP contribution in [-0.2, 0) is 22.6 Å². The monoisotopic (exact) mass is 388 g/mol. The van der Waals surface area contributed by atoms with Gasteiger partial charge in [-0.1, -0.05) is 41.9 Å². The fourth-order valence-electron chi connectivity index (χ4n) is 2.81. The van der Waals surface area contributed by atoms with Crippen molar-refractivity contribution in [2.45, 2.75) is 32.4 Å². The molecule has 2 aromatic rings. The van der Waals surface area contributed by atoms with E-state index in [9.17, 15) is 9.59 Å². The molecule has 0 aliphatic carbocycles. The quantitative estimate of drug-likeness (QED) is 0.753. The van der Waals surface area contributed by atoms with Crippen LogP contribution >= 0.6 is 11.6 Å². The van der Waals surface area contributed by atoms with Crippen LogP contribution in [0.25, 0.3) is 0 Å². The van der Waals surface area contributed by atoms with E-state index in [1.807, 2.05) is 48.5 Å². The van der Waals surface area contributed by atoms with Crippen molar-refractivity contribution in [2.75, 3.05) is 14.2 Å². The smallest absolute Gasteiger partial charge is 0.242 e. The Morgan fingerprint density at radius 2 is 1.81 bits per heavy atom. The number of nitrogens with one attached hydrogen (secondary N) is 1. The molecule has 0 saturated heterocycles. The molecule has 0 bridgehead atoms. The minimum Gasteiger partial charge on any atom is -0.497 e. The third kappa shape index (κ3) is 5.73. The Hall–Kier alpha value is -2.53. The summed E-state index contributed by atoms with van der Waals surface area (Å²) in [6.07, 6.45) is 0.805. The number of ether oxygens (including phenoxy) is 1. The van der Waals surface area contributed by atoms with Gasteiger partial charge >= 0.3 is 0 Å². The number of carbonyl (C=O) groups is 2. The molecule has 2 aromatic carbocycles. The van der Waals surface area contributed by atoms with Gasteiger partial charge in [0.1, 0.15) is 11.8 Å². The first-order valence-electron chi connectivity index (χ1n) is 8.83. The molecule has 6 heteroatoms. The van der Waals surface area contributed by atoms with Gasteiger partial charge in [0, 0.05) is 25.0 Å². The highest BCUT2D eigenvalue weighted by Gasteiger charge is 2.25. The fourth-order valence-corrected chi connectivity index (χ4v) is 3.04. The second-order valence-corrected chi connectivity index (χ2v) is 6.66. The van der Waals surface area contributed by atoms with Crippen molar-refractivity contribution in [3.8, 4) is 5.75 Å². The SMILES string of the molecule is CNC(=O)C(C)N(Cc1ccc(OC)cc1)C(=O)CCc1ccccc1Cl. The average Bonchev–Trinajstić information content (AvgIpc) is 2.70. The number of nitrogens with zero attached hydrogens (tertiary/aromatic N) is 1. The van der Waals surface area contributed by atoms with E-state index < -0.39 is 6.04 Å². The molecule has 0 saturated carbocycles. The maximum Gasteiger partial charge on any atom is 0.242 e. The van der Waals surface area contributed by atoms with Crippen LogP contribution in [0.2, 0.25) is 5.02 Å². The number of methoxy groups -OCH3 is 1. The lowest BCUT2D eigenvalue weighted by molar-refractivity contribution is -0.140. The summed E-state index contributed by atoms with van der Waals surface area (Å²) >= 11 is 6.18. The summed E-state index contributed by atoms with van der Waals surface area (Å²) in [5.74, 6) is 0.450. The zero-order chi connectivity index (χ0) is 19.8. The van der Waals surface area contributed by atoms with Gasteiger partial charge in [-0.3, -0.25) is 9.59 Å². The molecule has 144 valence electrons. The summed E-state index contributed by atoms with van der Waals surface area (Å²) in [6.45, 7) is 2.08. The molecule has 0 aromatic heterocycles. The van der Waals surface area contributed by atoms with Crippen molar-refractivity contribution in [3.05, 3.63) is 64.7 Å². The molecular formula is C21H25ClN2O3. The van der Waals surface area contributed by atoms with E-state index in [1.165, 1.54) is 0 Å². The van der Waals surface area contributed by atoms with Crippen LogP contribution < -0.4 is 10.1 Å². The zero-order valence-corrected chi connectivity index (χ0v) is 16.6. The van der Waals surface area contributed by atoms with E-state index in [1.54, 1.807) is 26.0 Å². The van der Waals surface area contributed by atoms with Crippen molar-refractivity contribution in [1.29, 1.82) is 0 Å². The minimum absolute atomic E-state index is 0.0955. The maximum absolute atomic E-state index is 12.9. The number of amides is 2. The topological polar surface area (TPSA) is 58.6 Å². The molecule has 2 amide bonds. The van der Waals surface area contributed by atoms with E-state index in [4.69, 9.17) is 16.3 Å². The van der Waals surface area contributed by atoms with Crippen LogP contribution in [0.15, 0.2) is 48.5 Å². The molecule has 0 aliphatic heterocycles. The van der Waals surface area contributed by atoms with Crippen LogP contribution in [0.4, 0.5) is 0 Å². The van der Waals surface area contributed by atoms with Crippen molar-refractivity contribution in [1.82, 2.24) is 10.2 Å². The molecule has 0 aliphatic rings. The lowest BCUT2D eigenvalue weighted by Gasteiger charge is -2.28. The number of hydrogen-bond acceptors (Lipinski definition) is 3. The maximum atomic E-state index is 12.9. The van der Waals surface area contributed by atoms with E-state index in [0.29, 0.717) is 18.0 Å². The summed E-state index contributed by atoms with van der Waals surface area (Å²) in [6, 6.07) is 14.4. The van der Waals surface area contributed by atoms with Gasteiger partial charge < -0.3 is 15.0 Å². The van der Waals surface area contributed by atoms with Crippen molar-refractivity contribution in [2.24, 2.45) is 0 Å². The number of halogens is 1. The Kier molecular flexibility index (Phi) is 7.67. The number of rotatable bonds is 8. The average molecular weight is 389 g/mol. The Bertz CT molecular complexity index is 777. The van der Waals surface area contributed by atoms with Crippen molar-refractivity contribution in [3.63, 3.8) is 0 Å². The van der Waals surface area contributed by atoms with Gasteiger partial charge in [-0.05, 0) is 42.7 Å². The Balaban J connectivity index is 2.13. The standard InChI is InChI=1S/C21H25ClN2O3/c1-15(21(26)23-2)24(14-16-8-11-18(27-3)12-9-16)20(25)13-10-17-6-4-5-7-19(17)22/h4-9,11-12,15H,10,13-14H2,1-3H3,(H,23,26). The van der Waals surface area contributed by atoms with E-state index in [2.05, 4.69) is 5.32 Å².